The minimum atomic E-state index is -0.449. The molecule has 0 aromatic carbocycles. The second kappa shape index (κ2) is 5.71. The third kappa shape index (κ3) is 3.35. The number of carbonyl (C=O) groups is 1. The lowest BCUT2D eigenvalue weighted by molar-refractivity contribution is 0.102. The molecule has 0 fully saturated rings. The molecule has 8 heteroatoms. The highest BCUT2D eigenvalue weighted by atomic mass is 16.2. The predicted octanol–water partition coefficient (Wildman–Crippen LogP) is 0.244. The number of carbonyl (C=O) groups excluding carboxylic acids is 1. The Morgan fingerprint density at radius 3 is 2.58 bits per heavy atom. The number of aromatic nitrogens is 4. The standard InChI is InChI=1S/C11H12N6O2/c1-2-12-8-4-3-7(14-15-8)11(19)13-9-5-6-10(18)17-16-9/h3-6H,2H2,1H3,(H,12,15)(H,17,18)(H,13,16,19). The highest BCUT2D eigenvalue weighted by molar-refractivity contribution is 6.02. The first-order chi connectivity index (χ1) is 9.19. The van der Waals surface area contributed by atoms with Gasteiger partial charge in [-0.3, -0.25) is 9.59 Å². The molecule has 2 heterocycles. The monoisotopic (exact) mass is 260 g/mol. The summed E-state index contributed by atoms with van der Waals surface area (Å²) in [4.78, 5) is 22.6. The van der Waals surface area contributed by atoms with Gasteiger partial charge in [-0.25, -0.2) is 5.10 Å². The summed E-state index contributed by atoms with van der Waals surface area (Å²) in [6.07, 6.45) is 0. The molecule has 0 radical (unpaired) electrons. The van der Waals surface area contributed by atoms with Crippen LogP contribution in [0.3, 0.4) is 0 Å². The maximum atomic E-state index is 11.8. The average molecular weight is 260 g/mol. The quantitative estimate of drug-likeness (QED) is 0.726. The lowest BCUT2D eigenvalue weighted by Crippen LogP contribution is -2.17. The van der Waals surface area contributed by atoms with Crippen molar-refractivity contribution in [2.45, 2.75) is 6.92 Å². The van der Waals surface area contributed by atoms with Crippen molar-refractivity contribution >= 4 is 17.5 Å². The van der Waals surface area contributed by atoms with Gasteiger partial charge in [-0.05, 0) is 25.1 Å². The molecule has 0 saturated carbocycles. The van der Waals surface area contributed by atoms with E-state index in [0.29, 0.717) is 5.82 Å². The van der Waals surface area contributed by atoms with Gasteiger partial charge in [0, 0.05) is 12.6 Å². The minimum Gasteiger partial charge on any atom is -0.369 e. The van der Waals surface area contributed by atoms with E-state index in [-0.39, 0.29) is 17.1 Å². The summed E-state index contributed by atoms with van der Waals surface area (Å²) in [6, 6.07) is 5.87. The Morgan fingerprint density at radius 2 is 2.00 bits per heavy atom. The van der Waals surface area contributed by atoms with Gasteiger partial charge in [0.05, 0.1) is 0 Å². The molecule has 3 N–H and O–H groups in total. The van der Waals surface area contributed by atoms with Gasteiger partial charge in [-0.15, -0.1) is 10.2 Å². The Morgan fingerprint density at radius 1 is 1.21 bits per heavy atom. The third-order valence-electron chi connectivity index (χ3n) is 2.18. The van der Waals surface area contributed by atoms with Crippen molar-refractivity contribution in [3.8, 4) is 0 Å². The SMILES string of the molecule is CCNc1ccc(C(=O)Nc2ccc(=O)[nH]n2)nn1. The van der Waals surface area contributed by atoms with E-state index in [9.17, 15) is 9.59 Å². The summed E-state index contributed by atoms with van der Waals surface area (Å²) in [5, 5.41) is 19.0. The van der Waals surface area contributed by atoms with Crippen LogP contribution in [0.25, 0.3) is 0 Å². The molecule has 0 atom stereocenters. The van der Waals surface area contributed by atoms with E-state index >= 15 is 0 Å². The van der Waals surface area contributed by atoms with Gasteiger partial charge in [-0.1, -0.05) is 0 Å². The number of rotatable bonds is 4. The average Bonchev–Trinajstić information content (AvgIpc) is 2.42. The number of aromatic amines is 1. The fourth-order valence-electron chi connectivity index (χ4n) is 1.32. The van der Waals surface area contributed by atoms with Gasteiger partial charge >= 0.3 is 0 Å². The summed E-state index contributed by atoms with van der Waals surface area (Å²) in [5.41, 5.74) is -0.178. The van der Waals surface area contributed by atoms with Crippen LogP contribution in [0.1, 0.15) is 17.4 Å². The summed E-state index contributed by atoms with van der Waals surface area (Å²) in [6.45, 7) is 2.66. The highest BCUT2D eigenvalue weighted by Crippen LogP contribution is 2.04. The molecule has 0 unspecified atom stereocenters. The first-order valence-corrected chi connectivity index (χ1v) is 5.63. The number of anilines is 2. The van der Waals surface area contributed by atoms with Gasteiger partial charge in [0.2, 0.25) is 0 Å². The van der Waals surface area contributed by atoms with Crippen LogP contribution in [0.5, 0.6) is 0 Å². The Kier molecular flexibility index (Phi) is 3.81. The van der Waals surface area contributed by atoms with E-state index in [4.69, 9.17) is 0 Å². The molecule has 2 rings (SSSR count). The lowest BCUT2D eigenvalue weighted by atomic mass is 10.3. The van der Waals surface area contributed by atoms with Crippen molar-refractivity contribution in [3.05, 3.63) is 40.3 Å². The van der Waals surface area contributed by atoms with E-state index < -0.39 is 5.91 Å². The molecule has 19 heavy (non-hydrogen) atoms. The molecule has 2 aromatic rings. The number of hydrogen-bond acceptors (Lipinski definition) is 6. The van der Waals surface area contributed by atoms with E-state index in [2.05, 4.69) is 31.0 Å². The first-order valence-electron chi connectivity index (χ1n) is 5.63. The van der Waals surface area contributed by atoms with Gasteiger partial charge in [0.15, 0.2) is 11.5 Å². The summed E-state index contributed by atoms with van der Waals surface area (Å²) >= 11 is 0. The van der Waals surface area contributed by atoms with Crippen LogP contribution in [0.15, 0.2) is 29.1 Å². The molecule has 1 amide bonds. The van der Waals surface area contributed by atoms with Crippen LogP contribution in [0, 0.1) is 0 Å². The van der Waals surface area contributed by atoms with E-state index in [0.717, 1.165) is 6.54 Å². The number of hydrogen-bond donors (Lipinski definition) is 3. The van der Waals surface area contributed by atoms with E-state index in [1.807, 2.05) is 6.92 Å². The second-order valence-electron chi connectivity index (χ2n) is 3.59. The molecule has 0 spiro atoms. The molecule has 0 saturated heterocycles. The first kappa shape index (κ1) is 12.7. The van der Waals surface area contributed by atoms with Crippen LogP contribution in [0.2, 0.25) is 0 Å². The van der Waals surface area contributed by atoms with Gasteiger partial charge in [0.1, 0.15) is 5.82 Å². The number of nitrogens with zero attached hydrogens (tertiary/aromatic N) is 3. The largest absolute Gasteiger partial charge is 0.369 e. The zero-order valence-electron chi connectivity index (χ0n) is 10.2. The maximum Gasteiger partial charge on any atom is 0.277 e. The van der Waals surface area contributed by atoms with Gasteiger partial charge in [0.25, 0.3) is 11.5 Å². The second-order valence-corrected chi connectivity index (χ2v) is 3.59. The van der Waals surface area contributed by atoms with E-state index in [1.54, 1.807) is 12.1 Å². The summed E-state index contributed by atoms with van der Waals surface area (Å²) in [7, 11) is 0. The van der Waals surface area contributed by atoms with Gasteiger partial charge in [-0.2, -0.15) is 5.10 Å². The Balaban J connectivity index is 2.07. The molecular formula is C11H12N6O2. The fraction of sp³-hybridized carbons (Fsp3) is 0.182. The van der Waals surface area contributed by atoms with Crippen LogP contribution in [0.4, 0.5) is 11.6 Å². The van der Waals surface area contributed by atoms with Crippen LogP contribution >= 0.6 is 0 Å². The Bertz CT molecular complexity index is 601. The Labute approximate surface area is 108 Å². The zero-order chi connectivity index (χ0) is 13.7. The van der Waals surface area contributed by atoms with Crippen molar-refractivity contribution < 1.29 is 4.79 Å². The molecule has 0 bridgehead atoms. The van der Waals surface area contributed by atoms with Gasteiger partial charge < -0.3 is 10.6 Å². The molecular weight excluding hydrogens is 248 g/mol. The normalized spacial score (nSPS) is 9.95. The highest BCUT2D eigenvalue weighted by Gasteiger charge is 2.09. The van der Waals surface area contributed by atoms with Crippen molar-refractivity contribution in [1.29, 1.82) is 0 Å². The van der Waals surface area contributed by atoms with Crippen LogP contribution in [-0.2, 0) is 0 Å². The number of H-pyrrole nitrogens is 1. The van der Waals surface area contributed by atoms with Crippen LogP contribution in [-0.4, -0.2) is 32.8 Å². The van der Waals surface area contributed by atoms with Crippen molar-refractivity contribution in [1.82, 2.24) is 20.4 Å². The third-order valence-corrected chi connectivity index (χ3v) is 2.18. The zero-order valence-corrected chi connectivity index (χ0v) is 10.2. The smallest absolute Gasteiger partial charge is 0.277 e. The summed E-state index contributed by atoms with van der Waals surface area (Å²) < 4.78 is 0. The number of amides is 1. The maximum absolute atomic E-state index is 11.8. The van der Waals surface area contributed by atoms with Crippen molar-refractivity contribution in [3.63, 3.8) is 0 Å². The Hall–Kier alpha value is -2.77. The van der Waals surface area contributed by atoms with Crippen molar-refractivity contribution in [2.75, 3.05) is 17.2 Å². The molecule has 0 aliphatic heterocycles. The lowest BCUT2D eigenvalue weighted by Gasteiger charge is -2.04. The number of nitrogens with one attached hydrogen (secondary N) is 3. The minimum absolute atomic E-state index is 0.162. The molecule has 2 aromatic heterocycles. The summed E-state index contributed by atoms with van der Waals surface area (Å²) in [5.74, 6) is 0.387. The van der Waals surface area contributed by atoms with E-state index in [1.165, 1.54) is 12.1 Å². The molecule has 0 aliphatic carbocycles. The van der Waals surface area contributed by atoms with Crippen LogP contribution < -0.4 is 16.2 Å². The predicted molar refractivity (Wildman–Crippen MR) is 69.0 cm³/mol. The molecule has 98 valence electrons. The van der Waals surface area contributed by atoms with Crippen molar-refractivity contribution in [2.24, 2.45) is 0 Å². The fourth-order valence-corrected chi connectivity index (χ4v) is 1.32. The topological polar surface area (TPSA) is 113 Å². The molecule has 8 nitrogen and oxygen atoms in total. The molecule has 0 aliphatic rings.